The van der Waals surface area contributed by atoms with Crippen LogP contribution in [0.2, 0.25) is 5.02 Å². The summed E-state index contributed by atoms with van der Waals surface area (Å²) in [6.07, 6.45) is 0.961. The second-order valence-electron chi connectivity index (χ2n) is 4.42. The third-order valence-corrected chi connectivity index (χ3v) is 3.50. The zero-order valence-corrected chi connectivity index (χ0v) is 13.3. The predicted molar refractivity (Wildman–Crippen MR) is 86.7 cm³/mol. The Hall–Kier alpha value is -2.65. The van der Waals surface area contributed by atoms with Crippen molar-refractivity contribution in [1.82, 2.24) is 15.0 Å². The highest BCUT2D eigenvalue weighted by molar-refractivity contribution is 7.71. The number of hydrogen-bond acceptors (Lipinski definition) is 6. The van der Waals surface area contributed by atoms with Gasteiger partial charge in [0.2, 0.25) is 5.88 Å². The van der Waals surface area contributed by atoms with E-state index in [-0.39, 0.29) is 26.7 Å². The largest absolute Gasteiger partial charge is 0.507 e. The van der Waals surface area contributed by atoms with Crippen LogP contribution in [0.25, 0.3) is 0 Å². The minimum absolute atomic E-state index is 0.0394. The zero-order valence-electron chi connectivity index (χ0n) is 11.7. The minimum atomic E-state index is -0.735. The number of phenols is 1. The molecule has 0 aliphatic heterocycles. The molecule has 10 heteroatoms. The van der Waals surface area contributed by atoms with Crippen molar-refractivity contribution in [3.8, 4) is 11.6 Å². The van der Waals surface area contributed by atoms with E-state index in [4.69, 9.17) is 23.8 Å². The quantitative estimate of drug-likeness (QED) is 0.376. The molecule has 2 aromatic rings. The number of hydrazone groups is 1. The van der Waals surface area contributed by atoms with Gasteiger partial charge in [0.25, 0.3) is 11.5 Å². The molecular weight excluding hydrogens is 344 g/mol. The molecule has 8 nitrogen and oxygen atoms in total. The highest BCUT2D eigenvalue weighted by atomic mass is 35.5. The number of aromatic amines is 1. The van der Waals surface area contributed by atoms with Crippen molar-refractivity contribution in [1.29, 1.82) is 0 Å². The summed E-state index contributed by atoms with van der Waals surface area (Å²) in [5, 5.41) is 23.3. The molecule has 1 amide bonds. The number of phenolic OH excluding ortho intramolecular Hbond substituents is 1. The van der Waals surface area contributed by atoms with E-state index in [0.29, 0.717) is 0 Å². The number of nitrogens with zero attached hydrogens (tertiary/aromatic N) is 2. The first kappa shape index (κ1) is 16.7. The lowest BCUT2D eigenvalue weighted by Gasteiger charge is -2.05. The number of carbonyl (C=O) groups is 1. The summed E-state index contributed by atoms with van der Waals surface area (Å²) in [6.45, 7) is 0. The van der Waals surface area contributed by atoms with Crippen molar-refractivity contribution in [2.75, 3.05) is 0 Å². The topological polar surface area (TPSA) is 120 Å². The Kier molecular flexibility index (Phi) is 4.82. The number of aromatic nitrogens is 2. The summed E-state index contributed by atoms with van der Waals surface area (Å²) >= 11 is 10.6. The molecular formula is C13H11ClN4O4S. The second-order valence-corrected chi connectivity index (χ2v) is 5.24. The molecule has 1 aromatic heterocycles. The van der Waals surface area contributed by atoms with Crippen LogP contribution in [0, 0.1) is 4.77 Å². The summed E-state index contributed by atoms with van der Waals surface area (Å²) in [7, 11) is 1.45. The third-order valence-electron chi connectivity index (χ3n) is 2.89. The molecule has 120 valence electrons. The molecule has 0 atom stereocenters. The van der Waals surface area contributed by atoms with E-state index < -0.39 is 17.3 Å². The van der Waals surface area contributed by atoms with Crippen LogP contribution in [0.1, 0.15) is 15.9 Å². The van der Waals surface area contributed by atoms with Gasteiger partial charge in [-0.05, 0) is 30.4 Å². The summed E-state index contributed by atoms with van der Waals surface area (Å²) in [5.41, 5.74) is 1.19. The maximum absolute atomic E-state index is 11.9. The number of amides is 1. The molecule has 0 aliphatic rings. The van der Waals surface area contributed by atoms with Gasteiger partial charge in [-0.2, -0.15) is 5.10 Å². The Morgan fingerprint density at radius 2 is 2.17 bits per heavy atom. The maximum atomic E-state index is 11.9. The van der Waals surface area contributed by atoms with Gasteiger partial charge in [-0.1, -0.05) is 11.6 Å². The summed E-state index contributed by atoms with van der Waals surface area (Å²) < 4.78 is 1.21. The van der Waals surface area contributed by atoms with Crippen molar-refractivity contribution in [3.63, 3.8) is 0 Å². The van der Waals surface area contributed by atoms with E-state index in [9.17, 15) is 19.8 Å². The molecule has 0 unspecified atom stereocenters. The Morgan fingerprint density at radius 1 is 1.48 bits per heavy atom. The lowest BCUT2D eigenvalue weighted by molar-refractivity contribution is 0.0952. The van der Waals surface area contributed by atoms with Crippen molar-refractivity contribution in [3.05, 3.63) is 49.5 Å². The van der Waals surface area contributed by atoms with Crippen LogP contribution in [-0.2, 0) is 7.05 Å². The number of rotatable bonds is 3. The smallest absolute Gasteiger partial charge is 0.275 e. The van der Waals surface area contributed by atoms with Gasteiger partial charge in [-0.15, -0.1) is 0 Å². The van der Waals surface area contributed by atoms with E-state index >= 15 is 0 Å². The van der Waals surface area contributed by atoms with Crippen molar-refractivity contribution >= 4 is 35.9 Å². The monoisotopic (exact) mass is 354 g/mol. The number of nitrogens with one attached hydrogen (secondary N) is 2. The van der Waals surface area contributed by atoms with Gasteiger partial charge < -0.3 is 10.2 Å². The lowest BCUT2D eigenvalue weighted by Crippen LogP contribution is -2.21. The van der Waals surface area contributed by atoms with Crippen LogP contribution in [0.15, 0.2) is 28.1 Å². The molecule has 1 heterocycles. The van der Waals surface area contributed by atoms with Gasteiger partial charge in [-0.25, -0.2) is 5.43 Å². The van der Waals surface area contributed by atoms with Crippen LogP contribution >= 0.6 is 23.8 Å². The Labute approximate surface area is 139 Å². The van der Waals surface area contributed by atoms with Gasteiger partial charge >= 0.3 is 0 Å². The highest BCUT2D eigenvalue weighted by Gasteiger charge is 2.12. The number of aromatic hydroxyl groups is 2. The van der Waals surface area contributed by atoms with Gasteiger partial charge in [-0.3, -0.25) is 19.1 Å². The fraction of sp³-hybridized carbons (Fsp3) is 0.0769. The van der Waals surface area contributed by atoms with Crippen molar-refractivity contribution < 1.29 is 15.0 Å². The molecule has 0 bridgehead atoms. The Balaban J connectivity index is 2.25. The number of halogens is 1. The standard InChI is InChI=1S/C13H11ClN4O4S/c1-18-12(22)8(10(20)16-13(18)23)5-15-17-11(21)7-4-6(14)2-3-9(7)19/h2-5,19,22H,1H3,(H,17,21)(H,16,20,23)/b15-5+. The zero-order chi connectivity index (χ0) is 17.1. The molecule has 23 heavy (non-hydrogen) atoms. The van der Waals surface area contributed by atoms with Crippen molar-refractivity contribution in [2.24, 2.45) is 12.1 Å². The van der Waals surface area contributed by atoms with E-state index in [1.807, 2.05) is 0 Å². The molecule has 0 radical (unpaired) electrons. The molecule has 0 aliphatic carbocycles. The Morgan fingerprint density at radius 3 is 2.87 bits per heavy atom. The SMILES string of the molecule is Cn1c(O)c(/C=N/NC(=O)c2cc(Cl)ccc2O)c(=O)[nH]c1=S. The van der Waals surface area contributed by atoms with Gasteiger partial charge in [0.15, 0.2) is 4.77 Å². The molecule has 1 aromatic carbocycles. The first-order valence-electron chi connectivity index (χ1n) is 6.15. The van der Waals surface area contributed by atoms with E-state index in [0.717, 1.165) is 6.21 Å². The molecule has 2 rings (SSSR count). The molecule has 0 fully saturated rings. The molecule has 0 spiro atoms. The first-order valence-corrected chi connectivity index (χ1v) is 6.94. The number of benzene rings is 1. The number of carbonyl (C=O) groups excluding carboxylic acids is 1. The summed E-state index contributed by atoms with van der Waals surface area (Å²) in [4.78, 5) is 25.9. The van der Waals surface area contributed by atoms with Gasteiger partial charge in [0, 0.05) is 12.1 Å². The van der Waals surface area contributed by atoms with Gasteiger partial charge in [0.05, 0.1) is 11.8 Å². The second kappa shape index (κ2) is 6.63. The van der Waals surface area contributed by atoms with Crippen LogP contribution in [0.3, 0.4) is 0 Å². The average Bonchev–Trinajstić information content (AvgIpc) is 2.50. The number of H-pyrrole nitrogens is 1. The van der Waals surface area contributed by atoms with Gasteiger partial charge in [0.1, 0.15) is 11.3 Å². The maximum Gasteiger partial charge on any atom is 0.275 e. The van der Waals surface area contributed by atoms with Crippen LogP contribution < -0.4 is 11.0 Å². The molecule has 0 saturated carbocycles. The van der Waals surface area contributed by atoms with E-state index in [1.165, 1.54) is 29.8 Å². The predicted octanol–water partition coefficient (Wildman–Crippen LogP) is 1.27. The normalized spacial score (nSPS) is 10.9. The molecule has 0 saturated heterocycles. The highest BCUT2D eigenvalue weighted by Crippen LogP contribution is 2.21. The van der Waals surface area contributed by atoms with Crippen LogP contribution in [-0.4, -0.2) is 31.9 Å². The fourth-order valence-corrected chi connectivity index (χ4v) is 2.00. The third kappa shape index (κ3) is 3.58. The minimum Gasteiger partial charge on any atom is -0.507 e. The lowest BCUT2D eigenvalue weighted by atomic mass is 10.2. The van der Waals surface area contributed by atoms with Crippen LogP contribution in [0.5, 0.6) is 11.6 Å². The Bertz CT molecular complexity index is 919. The molecule has 4 N–H and O–H groups in total. The summed E-state index contributed by atoms with van der Waals surface area (Å²) in [6, 6.07) is 3.95. The van der Waals surface area contributed by atoms with Crippen LogP contribution in [0.4, 0.5) is 0 Å². The average molecular weight is 355 g/mol. The number of hydrogen-bond donors (Lipinski definition) is 4. The summed E-state index contributed by atoms with van der Waals surface area (Å²) in [5.74, 6) is -1.41. The van der Waals surface area contributed by atoms with Crippen molar-refractivity contribution in [2.45, 2.75) is 0 Å². The first-order chi connectivity index (χ1) is 10.8. The van der Waals surface area contributed by atoms with E-state index in [1.54, 1.807) is 0 Å². The fourth-order valence-electron chi connectivity index (χ4n) is 1.65. The van der Waals surface area contributed by atoms with E-state index in [2.05, 4.69) is 15.5 Å².